The van der Waals surface area contributed by atoms with E-state index in [0.717, 1.165) is 5.56 Å². The molecule has 44 heavy (non-hydrogen) atoms. The number of hydrogen-bond donors (Lipinski definition) is 1. The Labute approximate surface area is 250 Å². The van der Waals surface area contributed by atoms with E-state index >= 15 is 0 Å². The zero-order valence-electron chi connectivity index (χ0n) is 24.9. The Bertz CT molecular complexity index is 1440. The van der Waals surface area contributed by atoms with E-state index in [9.17, 15) is 40.3 Å². The number of ether oxygens (including phenoxy) is 2. The van der Waals surface area contributed by atoms with Gasteiger partial charge < -0.3 is 14.8 Å². The van der Waals surface area contributed by atoms with E-state index in [1.54, 1.807) is 55.3 Å². The molecule has 4 rings (SSSR count). The van der Waals surface area contributed by atoms with E-state index in [1.807, 2.05) is 12.1 Å². The number of rotatable bonds is 6. The Morgan fingerprint density at radius 3 is 1.93 bits per heavy atom. The predicted molar refractivity (Wildman–Crippen MR) is 147 cm³/mol. The Morgan fingerprint density at radius 1 is 0.864 bits per heavy atom. The molecule has 2 aromatic rings. The third kappa shape index (κ3) is 6.15. The van der Waals surface area contributed by atoms with Gasteiger partial charge in [-0.1, -0.05) is 18.2 Å². The lowest BCUT2D eigenvalue weighted by Crippen LogP contribution is -2.66. The maximum atomic E-state index is 14.7. The van der Waals surface area contributed by atoms with Crippen molar-refractivity contribution >= 4 is 17.6 Å². The van der Waals surface area contributed by atoms with E-state index in [0.29, 0.717) is 18.6 Å². The smallest absolute Gasteiger partial charge is 0.422 e. The second kappa shape index (κ2) is 11.7. The van der Waals surface area contributed by atoms with Crippen LogP contribution in [0, 0.1) is 28.7 Å². The maximum absolute atomic E-state index is 14.7. The molecule has 0 saturated carbocycles. The summed E-state index contributed by atoms with van der Waals surface area (Å²) in [6.07, 6.45) is -2.26. The van der Waals surface area contributed by atoms with Crippen molar-refractivity contribution < 1.29 is 49.8 Å². The molecule has 0 unspecified atom stereocenters. The normalized spacial score (nSPS) is 22.5. The molecule has 2 aliphatic rings. The van der Waals surface area contributed by atoms with Gasteiger partial charge in [-0.15, -0.1) is 0 Å². The number of carbonyl (C=O) groups is 2. The van der Waals surface area contributed by atoms with Crippen LogP contribution < -0.4 is 10.1 Å². The standard InChI is InChI=1S/C31H33F7N2O4/c1-29(2,3)28(42)44-20-12-9-17-13-16(15-7-10-18(43-6)11-8-15)14-19(20)40(17)30(4,5)27(41)39-26-24(34)22(32)21(31(36,37)38)23(33)25(26)35/h7-12,16-17,19-20H,13-14H2,1-6H3,(H,39,41)/t16-,17-,19-,20-/m0/s1. The number of nitrogens with zero attached hydrogens (tertiary/aromatic N) is 1. The first-order chi connectivity index (χ1) is 20.3. The molecular formula is C31H33F7N2O4. The van der Waals surface area contributed by atoms with Crippen molar-refractivity contribution in [2.75, 3.05) is 12.4 Å². The molecule has 1 saturated heterocycles. The van der Waals surface area contributed by atoms with Crippen molar-refractivity contribution in [3.05, 3.63) is 70.8 Å². The maximum Gasteiger partial charge on any atom is 0.422 e. The molecule has 13 heteroatoms. The van der Waals surface area contributed by atoms with Gasteiger partial charge >= 0.3 is 12.1 Å². The fourth-order valence-corrected chi connectivity index (χ4v) is 5.75. The summed E-state index contributed by atoms with van der Waals surface area (Å²) in [6, 6.07) is 6.27. The number of hydrogen-bond acceptors (Lipinski definition) is 5. The minimum atomic E-state index is -5.73. The Morgan fingerprint density at radius 2 is 1.43 bits per heavy atom. The molecule has 2 heterocycles. The molecule has 1 fully saturated rings. The Kier molecular flexibility index (Phi) is 8.86. The van der Waals surface area contributed by atoms with Crippen LogP contribution in [0.5, 0.6) is 5.75 Å². The van der Waals surface area contributed by atoms with E-state index < -0.39 is 81.7 Å². The second-order valence-corrected chi connectivity index (χ2v) is 12.5. The van der Waals surface area contributed by atoms with Crippen LogP contribution >= 0.6 is 0 Å². The number of piperidine rings is 1. The molecule has 1 amide bonds. The molecule has 0 spiro atoms. The molecule has 0 radical (unpaired) electrons. The molecule has 0 aromatic heterocycles. The van der Waals surface area contributed by atoms with Crippen LogP contribution in [-0.2, 0) is 20.5 Å². The van der Waals surface area contributed by atoms with Crippen molar-refractivity contribution in [1.82, 2.24) is 4.90 Å². The summed E-state index contributed by atoms with van der Waals surface area (Å²) >= 11 is 0. The average molecular weight is 631 g/mol. The number of alkyl halides is 3. The van der Waals surface area contributed by atoms with Gasteiger partial charge in [-0.2, -0.15) is 13.2 Å². The number of amides is 1. The third-order valence-electron chi connectivity index (χ3n) is 8.10. The molecular weight excluding hydrogens is 597 g/mol. The van der Waals surface area contributed by atoms with Crippen molar-refractivity contribution in [2.24, 2.45) is 5.41 Å². The van der Waals surface area contributed by atoms with Crippen LogP contribution in [-0.4, -0.2) is 47.6 Å². The van der Waals surface area contributed by atoms with Gasteiger partial charge in [0.05, 0.1) is 24.1 Å². The number of methoxy groups -OCH3 is 1. The fraction of sp³-hybridized carbons (Fsp3) is 0.484. The summed E-state index contributed by atoms with van der Waals surface area (Å²) in [6.45, 7) is 7.81. The highest BCUT2D eigenvalue weighted by molar-refractivity contribution is 5.98. The van der Waals surface area contributed by atoms with Crippen molar-refractivity contribution in [1.29, 1.82) is 0 Å². The first-order valence-electron chi connectivity index (χ1n) is 13.8. The van der Waals surface area contributed by atoms with Gasteiger partial charge in [0.25, 0.3) is 0 Å². The van der Waals surface area contributed by atoms with Crippen LogP contribution in [0.3, 0.4) is 0 Å². The zero-order chi connectivity index (χ0) is 32.9. The minimum absolute atomic E-state index is 0.0696. The quantitative estimate of drug-likeness (QED) is 0.159. The summed E-state index contributed by atoms with van der Waals surface area (Å²) in [7, 11) is 1.54. The van der Waals surface area contributed by atoms with Crippen LogP contribution in [0.25, 0.3) is 0 Å². The molecule has 2 aliphatic heterocycles. The van der Waals surface area contributed by atoms with Crippen molar-refractivity contribution in [3.63, 3.8) is 0 Å². The van der Waals surface area contributed by atoms with Gasteiger partial charge in [0.2, 0.25) is 5.91 Å². The highest BCUT2D eigenvalue weighted by Gasteiger charge is 2.52. The number of fused-ring (bicyclic) bond motifs is 2. The van der Waals surface area contributed by atoms with E-state index in [2.05, 4.69) is 0 Å². The van der Waals surface area contributed by atoms with Crippen molar-refractivity contribution in [2.45, 2.75) is 83.3 Å². The summed E-state index contributed by atoms with van der Waals surface area (Å²) in [4.78, 5) is 28.2. The van der Waals surface area contributed by atoms with Crippen LogP contribution in [0.2, 0.25) is 0 Å². The average Bonchev–Trinajstić information content (AvgIpc) is 2.93. The van der Waals surface area contributed by atoms with Crippen molar-refractivity contribution in [3.8, 4) is 5.75 Å². The van der Waals surface area contributed by atoms with Gasteiger partial charge in [-0.3, -0.25) is 14.5 Å². The number of anilines is 1. The first-order valence-corrected chi connectivity index (χ1v) is 13.8. The van der Waals surface area contributed by atoms with Gasteiger partial charge in [0, 0.05) is 6.04 Å². The fourth-order valence-electron chi connectivity index (χ4n) is 5.75. The van der Waals surface area contributed by atoms with Crippen LogP contribution in [0.15, 0.2) is 36.4 Å². The number of nitrogens with one attached hydrogen (secondary N) is 1. The number of carbonyl (C=O) groups excluding carboxylic acids is 2. The number of benzene rings is 2. The predicted octanol–water partition coefficient (Wildman–Crippen LogP) is 7.13. The van der Waals surface area contributed by atoms with Crippen LogP contribution in [0.4, 0.5) is 36.4 Å². The zero-order valence-corrected chi connectivity index (χ0v) is 24.9. The molecule has 0 aliphatic carbocycles. The lowest BCUT2D eigenvalue weighted by atomic mass is 9.74. The van der Waals surface area contributed by atoms with E-state index in [4.69, 9.17) is 9.47 Å². The monoisotopic (exact) mass is 630 g/mol. The van der Waals surface area contributed by atoms with E-state index in [1.165, 1.54) is 21.0 Å². The third-order valence-corrected chi connectivity index (χ3v) is 8.10. The highest BCUT2D eigenvalue weighted by atomic mass is 19.4. The molecule has 2 bridgehead atoms. The largest absolute Gasteiger partial charge is 0.497 e. The molecule has 240 valence electrons. The van der Waals surface area contributed by atoms with E-state index in [-0.39, 0.29) is 5.92 Å². The lowest BCUT2D eigenvalue weighted by Gasteiger charge is -2.54. The summed E-state index contributed by atoms with van der Waals surface area (Å²) in [5.41, 5.74) is -6.01. The Hall–Kier alpha value is -3.61. The molecule has 6 nitrogen and oxygen atoms in total. The van der Waals surface area contributed by atoms with Gasteiger partial charge in [-0.25, -0.2) is 17.6 Å². The van der Waals surface area contributed by atoms with Gasteiger partial charge in [0.1, 0.15) is 23.1 Å². The topological polar surface area (TPSA) is 67.9 Å². The minimum Gasteiger partial charge on any atom is -0.497 e. The second-order valence-electron chi connectivity index (χ2n) is 12.5. The lowest BCUT2D eigenvalue weighted by molar-refractivity contribution is -0.164. The summed E-state index contributed by atoms with van der Waals surface area (Å²) < 4.78 is 108. The Balaban J connectivity index is 1.71. The SMILES string of the molecule is COc1ccc([C@H]2C[C@@H]3C=C[C@H](OC(=O)C(C)(C)C)[C@H](C2)N3C(C)(C)C(=O)Nc2c(F)c(F)c(C(F)(F)F)c(F)c2F)cc1. The summed E-state index contributed by atoms with van der Waals surface area (Å²) in [5, 5.41) is 1.78. The van der Waals surface area contributed by atoms with Gasteiger partial charge in [-0.05, 0) is 77.2 Å². The molecule has 1 N–H and O–H groups in total. The highest BCUT2D eigenvalue weighted by Crippen LogP contribution is 2.45. The molecule has 4 atom stereocenters. The van der Waals surface area contributed by atoms with Gasteiger partial charge in [0.15, 0.2) is 23.3 Å². The number of esters is 1. The van der Waals surface area contributed by atoms with Crippen LogP contribution in [0.1, 0.15) is 64.5 Å². The number of halogens is 7. The molecule has 2 aromatic carbocycles. The summed E-state index contributed by atoms with van der Waals surface area (Å²) in [5.74, 6) is -11.2. The first kappa shape index (κ1) is 33.3.